The Hall–Kier alpha value is -1.88. The fourth-order valence-electron chi connectivity index (χ4n) is 1.72. The highest BCUT2D eigenvalue weighted by atomic mass is 16.4. The van der Waals surface area contributed by atoms with Gasteiger partial charge in [0, 0.05) is 6.54 Å². The maximum atomic E-state index is 11.8. The Morgan fingerprint density at radius 2 is 2.12 bits per heavy atom. The molecule has 0 aromatic heterocycles. The molecule has 1 aromatic rings. The molecule has 0 radical (unpaired) electrons. The van der Waals surface area contributed by atoms with Crippen LogP contribution in [0.3, 0.4) is 0 Å². The number of rotatable bonds is 3. The third kappa shape index (κ3) is 2.04. The van der Waals surface area contributed by atoms with Crippen molar-refractivity contribution in [1.82, 2.24) is 5.43 Å². The number of aliphatic carboxylic acids is 1. The summed E-state index contributed by atoms with van der Waals surface area (Å²) in [5.74, 6) is -1.61. The van der Waals surface area contributed by atoms with Gasteiger partial charge in [-0.15, -0.1) is 0 Å². The molecular formula is C11H12N2O3. The molecule has 1 unspecified atom stereocenters. The number of anilines is 1. The van der Waals surface area contributed by atoms with E-state index in [0.29, 0.717) is 6.54 Å². The molecule has 1 fully saturated rings. The van der Waals surface area contributed by atoms with E-state index in [4.69, 9.17) is 5.11 Å². The monoisotopic (exact) mass is 220 g/mol. The van der Waals surface area contributed by atoms with Crippen LogP contribution in [-0.2, 0) is 9.59 Å². The molecule has 1 amide bonds. The number of para-hydroxylation sites is 1. The van der Waals surface area contributed by atoms with Gasteiger partial charge in [0.2, 0.25) is 5.91 Å². The van der Waals surface area contributed by atoms with Gasteiger partial charge in [0.25, 0.3) is 0 Å². The molecule has 1 aliphatic rings. The summed E-state index contributed by atoms with van der Waals surface area (Å²) in [4.78, 5) is 22.4. The summed E-state index contributed by atoms with van der Waals surface area (Å²) in [6.45, 7) is 0.375. The molecule has 1 aliphatic heterocycles. The zero-order valence-electron chi connectivity index (χ0n) is 8.59. The lowest BCUT2D eigenvalue weighted by atomic mass is 10.1. The molecular weight excluding hydrogens is 208 g/mol. The van der Waals surface area contributed by atoms with Crippen molar-refractivity contribution >= 4 is 17.6 Å². The lowest BCUT2D eigenvalue weighted by Crippen LogP contribution is -2.34. The Balaban J connectivity index is 2.11. The summed E-state index contributed by atoms with van der Waals surface area (Å²) in [5, 5.41) is 10.1. The van der Waals surface area contributed by atoms with Crippen molar-refractivity contribution in [3.8, 4) is 0 Å². The summed E-state index contributed by atoms with van der Waals surface area (Å²) in [6.07, 6.45) is -0.130. The van der Waals surface area contributed by atoms with Crippen LogP contribution < -0.4 is 10.4 Å². The minimum absolute atomic E-state index is 0.130. The minimum atomic E-state index is -0.949. The zero-order valence-corrected chi connectivity index (χ0v) is 8.59. The van der Waals surface area contributed by atoms with Crippen LogP contribution in [0.15, 0.2) is 30.3 Å². The molecule has 5 heteroatoms. The Bertz CT molecular complexity index is 405. The number of hydrogen-bond acceptors (Lipinski definition) is 3. The number of carbonyl (C=O) groups is 2. The minimum Gasteiger partial charge on any atom is -0.481 e. The predicted octanol–water partition coefficient (Wildman–Crippen LogP) is 0.629. The molecule has 5 nitrogen and oxygen atoms in total. The van der Waals surface area contributed by atoms with Gasteiger partial charge in [-0.1, -0.05) is 18.2 Å². The third-order valence-electron chi connectivity index (χ3n) is 2.50. The SMILES string of the molecule is O=C(O)CC1CNN(c2ccccc2)C1=O. The number of hydrogen-bond donors (Lipinski definition) is 2. The Kier molecular flexibility index (Phi) is 2.87. The highest BCUT2D eigenvalue weighted by Gasteiger charge is 2.33. The first-order chi connectivity index (χ1) is 7.68. The molecule has 2 N–H and O–H groups in total. The molecule has 0 saturated carbocycles. The van der Waals surface area contributed by atoms with Crippen molar-refractivity contribution in [3.05, 3.63) is 30.3 Å². The van der Waals surface area contributed by atoms with E-state index >= 15 is 0 Å². The maximum Gasteiger partial charge on any atom is 0.304 e. The highest BCUT2D eigenvalue weighted by Crippen LogP contribution is 2.20. The van der Waals surface area contributed by atoms with Crippen molar-refractivity contribution in [2.75, 3.05) is 11.6 Å². The number of benzene rings is 1. The molecule has 1 saturated heterocycles. The van der Waals surface area contributed by atoms with Gasteiger partial charge in [0.05, 0.1) is 18.0 Å². The second-order valence-corrected chi connectivity index (χ2v) is 3.67. The first-order valence-electron chi connectivity index (χ1n) is 5.03. The van der Waals surface area contributed by atoms with Crippen LogP contribution in [0.4, 0.5) is 5.69 Å². The van der Waals surface area contributed by atoms with Gasteiger partial charge in [-0.2, -0.15) is 0 Å². The van der Waals surface area contributed by atoms with Gasteiger partial charge in [-0.3, -0.25) is 9.59 Å². The standard InChI is InChI=1S/C11H12N2O3/c14-10(15)6-8-7-12-13(11(8)16)9-4-2-1-3-5-9/h1-5,8,12H,6-7H2,(H,14,15). The first-order valence-corrected chi connectivity index (χ1v) is 5.03. The largest absolute Gasteiger partial charge is 0.481 e. The average molecular weight is 220 g/mol. The number of carboxylic acids is 1. The average Bonchev–Trinajstić information content (AvgIpc) is 2.61. The Labute approximate surface area is 92.6 Å². The molecule has 16 heavy (non-hydrogen) atoms. The normalized spacial score (nSPS) is 20.1. The van der Waals surface area contributed by atoms with Crippen LogP contribution >= 0.6 is 0 Å². The summed E-state index contributed by atoms with van der Waals surface area (Å²) in [6, 6.07) is 9.12. The van der Waals surface area contributed by atoms with Crippen molar-refractivity contribution in [2.45, 2.75) is 6.42 Å². The highest BCUT2D eigenvalue weighted by molar-refractivity contribution is 5.97. The second-order valence-electron chi connectivity index (χ2n) is 3.67. The molecule has 2 rings (SSSR count). The summed E-state index contributed by atoms with van der Waals surface area (Å²) >= 11 is 0. The third-order valence-corrected chi connectivity index (χ3v) is 2.50. The van der Waals surface area contributed by atoms with Crippen molar-refractivity contribution in [2.24, 2.45) is 5.92 Å². The van der Waals surface area contributed by atoms with Gasteiger partial charge >= 0.3 is 5.97 Å². The smallest absolute Gasteiger partial charge is 0.304 e. The summed E-state index contributed by atoms with van der Waals surface area (Å²) in [5.41, 5.74) is 3.64. The first kappa shape index (κ1) is 10.6. The van der Waals surface area contributed by atoms with Gasteiger partial charge in [0.15, 0.2) is 0 Å². The molecule has 0 aliphatic carbocycles. The van der Waals surface area contributed by atoms with Crippen LogP contribution in [-0.4, -0.2) is 23.5 Å². The number of nitrogens with one attached hydrogen (secondary N) is 1. The van der Waals surface area contributed by atoms with Crippen LogP contribution in [0.1, 0.15) is 6.42 Å². The molecule has 84 valence electrons. The van der Waals surface area contributed by atoms with Crippen molar-refractivity contribution in [3.63, 3.8) is 0 Å². The fraction of sp³-hybridized carbons (Fsp3) is 0.273. The van der Waals surface area contributed by atoms with E-state index in [1.165, 1.54) is 5.01 Å². The van der Waals surface area contributed by atoms with Crippen LogP contribution in [0.5, 0.6) is 0 Å². The molecule has 1 aromatic carbocycles. The Morgan fingerprint density at radius 1 is 1.44 bits per heavy atom. The second kappa shape index (κ2) is 4.32. The van der Waals surface area contributed by atoms with Crippen molar-refractivity contribution in [1.29, 1.82) is 0 Å². The van der Waals surface area contributed by atoms with Gasteiger partial charge in [-0.25, -0.2) is 10.4 Å². The topological polar surface area (TPSA) is 69.6 Å². The number of hydrazine groups is 1. The summed E-state index contributed by atoms with van der Waals surface area (Å²) < 4.78 is 0. The van der Waals surface area contributed by atoms with E-state index in [1.54, 1.807) is 12.1 Å². The van der Waals surface area contributed by atoms with E-state index in [1.807, 2.05) is 18.2 Å². The summed E-state index contributed by atoms with van der Waals surface area (Å²) in [7, 11) is 0. The number of amides is 1. The number of carbonyl (C=O) groups excluding carboxylic acids is 1. The van der Waals surface area contributed by atoms with E-state index in [0.717, 1.165) is 5.69 Å². The van der Waals surface area contributed by atoms with E-state index in [2.05, 4.69) is 5.43 Å². The van der Waals surface area contributed by atoms with Gasteiger partial charge < -0.3 is 5.11 Å². The number of carboxylic acid groups (broad SMARTS) is 1. The van der Waals surface area contributed by atoms with Gasteiger partial charge in [-0.05, 0) is 12.1 Å². The molecule has 0 bridgehead atoms. The lowest BCUT2D eigenvalue weighted by Gasteiger charge is -2.15. The quantitative estimate of drug-likeness (QED) is 0.783. The molecule has 0 spiro atoms. The van der Waals surface area contributed by atoms with Gasteiger partial charge in [0.1, 0.15) is 0 Å². The molecule has 1 heterocycles. The zero-order chi connectivity index (χ0) is 11.5. The van der Waals surface area contributed by atoms with E-state index in [-0.39, 0.29) is 12.3 Å². The van der Waals surface area contributed by atoms with E-state index < -0.39 is 11.9 Å². The van der Waals surface area contributed by atoms with E-state index in [9.17, 15) is 9.59 Å². The Morgan fingerprint density at radius 3 is 2.75 bits per heavy atom. The molecule has 1 atom stereocenters. The van der Waals surface area contributed by atoms with Crippen LogP contribution in [0.25, 0.3) is 0 Å². The maximum absolute atomic E-state index is 11.8. The predicted molar refractivity (Wildman–Crippen MR) is 57.7 cm³/mol. The fourth-order valence-corrected chi connectivity index (χ4v) is 1.72. The van der Waals surface area contributed by atoms with Crippen molar-refractivity contribution < 1.29 is 14.7 Å². The van der Waals surface area contributed by atoms with Crippen LogP contribution in [0, 0.1) is 5.92 Å². The lowest BCUT2D eigenvalue weighted by molar-refractivity contribution is -0.139. The van der Waals surface area contributed by atoms with Crippen LogP contribution in [0.2, 0.25) is 0 Å². The number of nitrogens with zero attached hydrogens (tertiary/aromatic N) is 1.